The highest BCUT2D eigenvalue weighted by atomic mass is 32.2. The van der Waals surface area contributed by atoms with Gasteiger partial charge < -0.3 is 0 Å². The van der Waals surface area contributed by atoms with Crippen molar-refractivity contribution >= 4 is 10.0 Å². The molecule has 0 spiro atoms. The molecule has 0 amide bonds. The van der Waals surface area contributed by atoms with Gasteiger partial charge in [0.2, 0.25) is 10.0 Å². The molecule has 0 aromatic heterocycles. The molecule has 3 nitrogen and oxygen atoms in total. The Kier molecular flexibility index (Phi) is 4.45. The van der Waals surface area contributed by atoms with E-state index in [4.69, 9.17) is 0 Å². The average Bonchev–Trinajstić information content (AvgIpc) is 2.39. The molecule has 0 N–H and O–H groups in total. The minimum Gasteiger partial charge on any atom is -0.207 e. The molecule has 108 valence electrons. The normalized spacial score (nSPS) is 20.5. The van der Waals surface area contributed by atoms with Crippen molar-refractivity contribution < 1.29 is 8.42 Å². The highest BCUT2D eigenvalue weighted by molar-refractivity contribution is 7.89. The fourth-order valence-corrected chi connectivity index (χ4v) is 4.03. The van der Waals surface area contributed by atoms with Crippen LogP contribution < -0.4 is 0 Å². The molecule has 1 aromatic carbocycles. The molecule has 20 heavy (non-hydrogen) atoms. The van der Waals surface area contributed by atoms with Crippen LogP contribution in [0.4, 0.5) is 0 Å². The van der Waals surface area contributed by atoms with Gasteiger partial charge in [0.25, 0.3) is 0 Å². The topological polar surface area (TPSA) is 37.4 Å². The van der Waals surface area contributed by atoms with Gasteiger partial charge in [-0.1, -0.05) is 42.3 Å². The van der Waals surface area contributed by atoms with E-state index in [2.05, 4.69) is 12.7 Å². The maximum Gasteiger partial charge on any atom is 0.243 e. The molecular formula is C16H21NO2S. The van der Waals surface area contributed by atoms with E-state index in [1.54, 1.807) is 16.4 Å². The fraction of sp³-hybridized carbons (Fsp3) is 0.375. The smallest absolute Gasteiger partial charge is 0.207 e. The second-order valence-electron chi connectivity index (χ2n) is 5.41. The zero-order valence-electron chi connectivity index (χ0n) is 12.0. The van der Waals surface area contributed by atoms with Gasteiger partial charge in [0.05, 0.1) is 4.90 Å². The van der Waals surface area contributed by atoms with Gasteiger partial charge in [-0.3, -0.25) is 0 Å². The van der Waals surface area contributed by atoms with E-state index in [0.29, 0.717) is 18.0 Å². The van der Waals surface area contributed by atoms with Crippen molar-refractivity contribution in [3.05, 3.63) is 54.1 Å². The van der Waals surface area contributed by atoms with Crippen molar-refractivity contribution in [1.82, 2.24) is 4.31 Å². The Hall–Kier alpha value is -1.39. The van der Waals surface area contributed by atoms with Crippen molar-refractivity contribution in [3.63, 3.8) is 0 Å². The summed E-state index contributed by atoms with van der Waals surface area (Å²) in [5, 5.41) is 0. The molecule has 0 bridgehead atoms. The standard InChI is InChI=1S/C16H21NO2S/c1-4-5-15-10-14(3)11-17(12-15)20(18,19)16-8-6-13(2)7-9-16/h4,6-10,14H,1,5,11-12H2,2-3H3. The Balaban J connectivity index is 2.28. The summed E-state index contributed by atoms with van der Waals surface area (Å²) in [4.78, 5) is 0.371. The van der Waals surface area contributed by atoms with Crippen LogP contribution in [0.2, 0.25) is 0 Å². The van der Waals surface area contributed by atoms with Gasteiger partial charge in [-0.15, -0.1) is 6.58 Å². The first-order valence-electron chi connectivity index (χ1n) is 6.81. The number of benzene rings is 1. The predicted octanol–water partition coefficient (Wildman–Crippen LogP) is 3.14. The maximum absolute atomic E-state index is 12.7. The van der Waals surface area contributed by atoms with Crippen LogP contribution in [0, 0.1) is 12.8 Å². The van der Waals surface area contributed by atoms with Gasteiger partial charge in [0.15, 0.2) is 0 Å². The second-order valence-corrected chi connectivity index (χ2v) is 7.34. The Morgan fingerprint density at radius 2 is 2.00 bits per heavy atom. The highest BCUT2D eigenvalue weighted by Crippen LogP contribution is 2.24. The van der Waals surface area contributed by atoms with Crippen molar-refractivity contribution in [1.29, 1.82) is 0 Å². The zero-order valence-corrected chi connectivity index (χ0v) is 12.9. The monoisotopic (exact) mass is 291 g/mol. The third-order valence-corrected chi connectivity index (χ3v) is 5.28. The molecule has 0 aliphatic carbocycles. The molecule has 1 unspecified atom stereocenters. The van der Waals surface area contributed by atoms with E-state index >= 15 is 0 Å². The van der Waals surface area contributed by atoms with E-state index < -0.39 is 10.0 Å². The van der Waals surface area contributed by atoms with E-state index in [9.17, 15) is 8.42 Å². The summed E-state index contributed by atoms with van der Waals surface area (Å²) in [6.45, 7) is 8.72. The Morgan fingerprint density at radius 1 is 1.35 bits per heavy atom. The Bertz CT molecular complexity index is 614. The number of hydrogen-bond donors (Lipinski definition) is 0. The Labute approximate surface area is 121 Å². The summed E-state index contributed by atoms with van der Waals surface area (Å²) in [6, 6.07) is 7.03. The van der Waals surface area contributed by atoms with Crippen molar-refractivity contribution in [2.45, 2.75) is 25.2 Å². The quantitative estimate of drug-likeness (QED) is 0.799. The number of rotatable bonds is 4. The van der Waals surface area contributed by atoms with Gasteiger partial charge in [-0.25, -0.2) is 8.42 Å². The second kappa shape index (κ2) is 5.94. The Morgan fingerprint density at radius 3 is 2.60 bits per heavy atom. The summed E-state index contributed by atoms with van der Waals surface area (Å²) in [6.07, 6.45) is 4.72. The lowest BCUT2D eigenvalue weighted by Gasteiger charge is -2.29. The van der Waals surface area contributed by atoms with Crippen molar-refractivity contribution in [3.8, 4) is 0 Å². The van der Waals surface area contributed by atoms with E-state index in [1.807, 2.05) is 32.1 Å². The van der Waals surface area contributed by atoms with E-state index in [-0.39, 0.29) is 5.92 Å². The predicted molar refractivity (Wildman–Crippen MR) is 82.0 cm³/mol. The van der Waals surface area contributed by atoms with Crippen LogP contribution in [0.25, 0.3) is 0 Å². The number of sulfonamides is 1. The molecule has 1 atom stereocenters. The summed E-state index contributed by atoms with van der Waals surface area (Å²) in [5.74, 6) is 0.235. The van der Waals surface area contributed by atoms with Crippen molar-refractivity contribution in [2.24, 2.45) is 5.92 Å². The number of aryl methyl sites for hydroxylation is 1. The van der Waals surface area contributed by atoms with Gasteiger partial charge >= 0.3 is 0 Å². The van der Waals surface area contributed by atoms with Crippen LogP contribution in [0.5, 0.6) is 0 Å². The maximum atomic E-state index is 12.7. The third-order valence-electron chi connectivity index (χ3n) is 3.46. The molecule has 1 aromatic rings. The van der Waals surface area contributed by atoms with Crippen LogP contribution in [0.15, 0.2) is 53.5 Å². The van der Waals surface area contributed by atoms with Crippen LogP contribution >= 0.6 is 0 Å². The zero-order chi connectivity index (χ0) is 14.8. The number of nitrogens with zero attached hydrogens (tertiary/aromatic N) is 1. The lowest BCUT2D eigenvalue weighted by molar-refractivity contribution is 0.382. The summed E-state index contributed by atoms with van der Waals surface area (Å²) >= 11 is 0. The van der Waals surface area contributed by atoms with E-state index in [1.165, 1.54) is 0 Å². The van der Waals surface area contributed by atoms with Crippen LogP contribution in [0.3, 0.4) is 0 Å². The molecule has 2 rings (SSSR count). The summed E-state index contributed by atoms with van der Waals surface area (Å²) in [7, 11) is -3.40. The van der Waals surface area contributed by atoms with Gasteiger partial charge in [-0.05, 0) is 31.4 Å². The molecular weight excluding hydrogens is 270 g/mol. The lowest BCUT2D eigenvalue weighted by atomic mass is 10.0. The first kappa shape index (κ1) is 15.0. The number of hydrogen-bond acceptors (Lipinski definition) is 2. The fourth-order valence-electron chi connectivity index (χ4n) is 2.48. The minimum atomic E-state index is -3.40. The van der Waals surface area contributed by atoms with Gasteiger partial charge in [0, 0.05) is 13.1 Å². The van der Waals surface area contributed by atoms with Crippen LogP contribution in [-0.4, -0.2) is 25.8 Å². The molecule has 1 aliphatic rings. The molecule has 0 fully saturated rings. The lowest BCUT2D eigenvalue weighted by Crippen LogP contribution is -2.38. The van der Waals surface area contributed by atoms with Crippen molar-refractivity contribution in [2.75, 3.05) is 13.1 Å². The molecule has 0 saturated carbocycles. The minimum absolute atomic E-state index is 0.235. The molecule has 0 saturated heterocycles. The molecule has 0 radical (unpaired) electrons. The summed E-state index contributed by atoms with van der Waals surface area (Å²) < 4.78 is 26.9. The van der Waals surface area contributed by atoms with E-state index in [0.717, 1.165) is 17.6 Å². The van der Waals surface area contributed by atoms with Crippen LogP contribution in [0.1, 0.15) is 18.9 Å². The number of allylic oxidation sites excluding steroid dienone is 1. The SMILES string of the molecule is C=CCC1=CC(C)CN(S(=O)(=O)c2ccc(C)cc2)C1. The summed E-state index contributed by atoms with van der Waals surface area (Å²) in [5.41, 5.74) is 2.18. The molecule has 1 heterocycles. The average molecular weight is 291 g/mol. The third kappa shape index (κ3) is 3.19. The molecule has 4 heteroatoms. The highest BCUT2D eigenvalue weighted by Gasteiger charge is 2.28. The first-order chi connectivity index (χ1) is 9.43. The first-order valence-corrected chi connectivity index (χ1v) is 8.25. The molecule has 1 aliphatic heterocycles. The van der Waals surface area contributed by atoms with Gasteiger partial charge in [-0.2, -0.15) is 4.31 Å². The largest absolute Gasteiger partial charge is 0.243 e. The van der Waals surface area contributed by atoms with Crippen LogP contribution in [-0.2, 0) is 10.0 Å². The van der Waals surface area contributed by atoms with Gasteiger partial charge in [0.1, 0.15) is 0 Å².